The van der Waals surface area contributed by atoms with Crippen molar-refractivity contribution >= 4 is 69.4 Å². The van der Waals surface area contributed by atoms with E-state index in [1.165, 1.54) is 28.0 Å². The van der Waals surface area contributed by atoms with E-state index < -0.39 is 0 Å². The third-order valence-corrected chi connectivity index (χ3v) is 6.37. The molecule has 0 aliphatic carbocycles. The molecule has 0 unspecified atom stereocenters. The summed E-state index contributed by atoms with van der Waals surface area (Å²) < 4.78 is 0. The first kappa shape index (κ1) is 18.3. The van der Waals surface area contributed by atoms with Gasteiger partial charge in [-0.15, -0.1) is 11.3 Å². The Morgan fingerprint density at radius 1 is 0.852 bits per heavy atom. The highest BCUT2D eigenvalue weighted by molar-refractivity contribution is 8.04. The minimum atomic E-state index is -0.356. The zero-order chi connectivity index (χ0) is 19.0. The fraction of sp³-hybridized carbons (Fsp3) is 0. The van der Waals surface area contributed by atoms with Gasteiger partial charge in [0.2, 0.25) is 0 Å². The van der Waals surface area contributed by atoms with Crippen molar-refractivity contribution in [2.24, 2.45) is 0 Å². The fourth-order valence-electron chi connectivity index (χ4n) is 2.71. The SMILES string of the molecule is O=C1C(Sc2ccc(Cl)cc2)=C(c2cccs2)C(=O)N1c1cccc(Cl)c1. The predicted molar refractivity (Wildman–Crippen MR) is 112 cm³/mol. The zero-order valence-electron chi connectivity index (χ0n) is 13.7. The minimum absolute atomic E-state index is 0.346. The van der Waals surface area contributed by atoms with Crippen molar-refractivity contribution in [3.63, 3.8) is 0 Å². The van der Waals surface area contributed by atoms with Gasteiger partial charge in [0.05, 0.1) is 16.2 Å². The van der Waals surface area contributed by atoms with E-state index in [2.05, 4.69) is 0 Å². The van der Waals surface area contributed by atoms with E-state index in [0.29, 0.717) is 26.2 Å². The van der Waals surface area contributed by atoms with Crippen molar-refractivity contribution in [1.82, 2.24) is 0 Å². The van der Waals surface area contributed by atoms with E-state index in [9.17, 15) is 9.59 Å². The second kappa shape index (κ2) is 7.52. The molecule has 0 bridgehead atoms. The lowest BCUT2D eigenvalue weighted by Crippen LogP contribution is -2.31. The molecule has 3 aromatic rings. The highest BCUT2D eigenvalue weighted by Gasteiger charge is 2.40. The second-order valence-corrected chi connectivity index (χ2v) is 8.57. The maximum absolute atomic E-state index is 13.2. The molecule has 4 rings (SSSR count). The van der Waals surface area contributed by atoms with Crippen LogP contribution in [0.1, 0.15) is 4.88 Å². The molecule has 0 saturated carbocycles. The number of nitrogens with zero attached hydrogens (tertiary/aromatic N) is 1. The molecule has 7 heteroatoms. The highest BCUT2D eigenvalue weighted by atomic mass is 35.5. The molecule has 1 aliphatic heterocycles. The largest absolute Gasteiger partial charge is 0.272 e. The number of carbonyl (C=O) groups is 2. The van der Waals surface area contributed by atoms with Gasteiger partial charge in [0.25, 0.3) is 11.8 Å². The van der Waals surface area contributed by atoms with Gasteiger partial charge in [0.15, 0.2) is 0 Å². The Morgan fingerprint density at radius 3 is 2.30 bits per heavy atom. The van der Waals surface area contributed by atoms with Crippen LogP contribution in [0.4, 0.5) is 5.69 Å². The van der Waals surface area contributed by atoms with Gasteiger partial charge < -0.3 is 0 Å². The average Bonchev–Trinajstić information content (AvgIpc) is 3.24. The molecule has 0 spiro atoms. The molecule has 0 N–H and O–H groups in total. The number of amides is 2. The Labute approximate surface area is 174 Å². The van der Waals surface area contributed by atoms with E-state index >= 15 is 0 Å². The van der Waals surface area contributed by atoms with Gasteiger partial charge >= 0.3 is 0 Å². The summed E-state index contributed by atoms with van der Waals surface area (Å²) in [5, 5.41) is 2.96. The number of rotatable bonds is 4. The van der Waals surface area contributed by atoms with Crippen LogP contribution in [0.3, 0.4) is 0 Å². The molecule has 1 aromatic heterocycles. The summed E-state index contributed by atoms with van der Waals surface area (Å²) in [5.41, 5.74) is 0.869. The molecule has 0 saturated heterocycles. The molecule has 134 valence electrons. The van der Waals surface area contributed by atoms with Crippen molar-refractivity contribution in [1.29, 1.82) is 0 Å². The molecule has 2 heterocycles. The van der Waals surface area contributed by atoms with Gasteiger partial charge in [0, 0.05) is 19.8 Å². The van der Waals surface area contributed by atoms with Gasteiger partial charge in [-0.05, 0) is 53.9 Å². The smallest absolute Gasteiger partial charge is 0.268 e. The summed E-state index contributed by atoms with van der Waals surface area (Å²) in [6.45, 7) is 0. The first-order valence-corrected chi connectivity index (χ1v) is 10.4. The maximum Gasteiger partial charge on any atom is 0.272 e. The van der Waals surface area contributed by atoms with Crippen molar-refractivity contribution in [3.05, 3.63) is 85.9 Å². The first-order chi connectivity index (χ1) is 13.0. The fourth-order valence-corrected chi connectivity index (χ4v) is 4.84. The van der Waals surface area contributed by atoms with Crippen molar-refractivity contribution in [2.45, 2.75) is 4.90 Å². The van der Waals surface area contributed by atoms with Crippen LogP contribution in [0.2, 0.25) is 10.0 Å². The van der Waals surface area contributed by atoms with Crippen LogP contribution in [0, 0.1) is 0 Å². The maximum atomic E-state index is 13.2. The lowest BCUT2D eigenvalue weighted by Gasteiger charge is -2.15. The second-order valence-electron chi connectivity index (χ2n) is 5.66. The molecule has 2 aromatic carbocycles. The van der Waals surface area contributed by atoms with Gasteiger partial charge in [-0.2, -0.15) is 0 Å². The number of hydrogen-bond donors (Lipinski definition) is 0. The van der Waals surface area contributed by atoms with Crippen LogP contribution in [0.15, 0.2) is 75.8 Å². The number of anilines is 1. The number of thioether (sulfide) groups is 1. The first-order valence-electron chi connectivity index (χ1n) is 7.90. The van der Waals surface area contributed by atoms with Crippen LogP contribution < -0.4 is 4.90 Å². The third-order valence-electron chi connectivity index (χ3n) is 3.91. The summed E-state index contributed by atoms with van der Waals surface area (Å²) in [6, 6.07) is 17.6. The number of thiophene rings is 1. The monoisotopic (exact) mass is 431 g/mol. The van der Waals surface area contributed by atoms with Gasteiger partial charge in [-0.3, -0.25) is 9.59 Å². The molecule has 0 radical (unpaired) electrons. The minimum Gasteiger partial charge on any atom is -0.268 e. The van der Waals surface area contributed by atoms with Crippen LogP contribution in [-0.2, 0) is 9.59 Å². The molecule has 2 amide bonds. The molecular formula is C20H11Cl2NO2S2. The molecule has 3 nitrogen and oxygen atoms in total. The standard InChI is InChI=1S/C20H11Cl2NO2S2/c21-12-6-8-15(9-7-12)27-18-17(16-5-2-10-26-16)19(24)23(20(18)25)14-4-1-3-13(22)11-14/h1-11H. The summed E-state index contributed by atoms with van der Waals surface area (Å²) in [4.78, 5) is 29.5. The summed E-state index contributed by atoms with van der Waals surface area (Å²) in [7, 11) is 0. The molecule has 0 fully saturated rings. The van der Waals surface area contributed by atoms with Crippen LogP contribution in [0.25, 0.3) is 5.57 Å². The van der Waals surface area contributed by atoms with Crippen LogP contribution in [-0.4, -0.2) is 11.8 Å². The van der Waals surface area contributed by atoms with Gasteiger partial charge in [0.1, 0.15) is 0 Å². The average molecular weight is 432 g/mol. The Hall–Kier alpha value is -2.05. The van der Waals surface area contributed by atoms with E-state index in [4.69, 9.17) is 23.2 Å². The summed E-state index contributed by atoms with van der Waals surface area (Å²) in [5.74, 6) is -0.702. The zero-order valence-corrected chi connectivity index (χ0v) is 16.8. The number of halogens is 2. The van der Waals surface area contributed by atoms with Gasteiger partial charge in [-0.1, -0.05) is 47.1 Å². The van der Waals surface area contributed by atoms with Gasteiger partial charge in [-0.25, -0.2) is 4.90 Å². The number of benzene rings is 2. The Balaban J connectivity index is 1.79. The number of carbonyl (C=O) groups excluding carboxylic acids is 2. The van der Waals surface area contributed by atoms with Crippen LogP contribution in [0.5, 0.6) is 0 Å². The predicted octanol–water partition coefficient (Wildman–Crippen LogP) is 6.13. The Bertz CT molecular complexity index is 1060. The topological polar surface area (TPSA) is 37.4 Å². The normalized spacial score (nSPS) is 14.4. The van der Waals surface area contributed by atoms with E-state index in [0.717, 1.165) is 9.77 Å². The third kappa shape index (κ3) is 3.56. The van der Waals surface area contributed by atoms with E-state index in [1.54, 1.807) is 36.4 Å². The summed E-state index contributed by atoms with van der Waals surface area (Å²) in [6.07, 6.45) is 0. The molecule has 1 aliphatic rings. The van der Waals surface area contributed by atoms with E-state index in [-0.39, 0.29) is 11.8 Å². The lowest BCUT2D eigenvalue weighted by molar-refractivity contribution is -0.119. The molecular weight excluding hydrogens is 421 g/mol. The van der Waals surface area contributed by atoms with Crippen molar-refractivity contribution < 1.29 is 9.59 Å². The van der Waals surface area contributed by atoms with Crippen LogP contribution >= 0.6 is 46.3 Å². The highest BCUT2D eigenvalue weighted by Crippen LogP contribution is 2.42. The number of imide groups is 1. The summed E-state index contributed by atoms with van der Waals surface area (Å²) >= 11 is 14.7. The number of hydrogen-bond acceptors (Lipinski definition) is 4. The quantitative estimate of drug-likeness (QED) is 0.466. The molecule has 27 heavy (non-hydrogen) atoms. The van der Waals surface area contributed by atoms with Crippen molar-refractivity contribution in [2.75, 3.05) is 4.90 Å². The lowest BCUT2D eigenvalue weighted by atomic mass is 10.2. The Kier molecular flexibility index (Phi) is 5.10. The molecule has 0 atom stereocenters. The van der Waals surface area contributed by atoms with Crippen molar-refractivity contribution in [3.8, 4) is 0 Å². The van der Waals surface area contributed by atoms with E-state index in [1.807, 2.05) is 29.6 Å². The Morgan fingerprint density at radius 2 is 1.63 bits per heavy atom.